The number of hydrogen-bond acceptors (Lipinski definition) is 9. The van der Waals surface area contributed by atoms with Gasteiger partial charge in [-0.1, -0.05) is 13.0 Å². The normalized spacial score (nSPS) is 12.8. The molecule has 0 aliphatic rings. The van der Waals surface area contributed by atoms with Gasteiger partial charge in [0.2, 0.25) is 0 Å². The van der Waals surface area contributed by atoms with Crippen LogP contribution in [-0.4, -0.2) is 97.6 Å². The lowest BCUT2D eigenvalue weighted by Gasteiger charge is -2.26. The largest absolute Gasteiger partial charge is 0.480 e. The van der Waals surface area contributed by atoms with E-state index in [-0.39, 0.29) is 13.2 Å². The van der Waals surface area contributed by atoms with Crippen LogP contribution in [0.5, 0.6) is 0 Å². The Balaban J connectivity index is 1.95. The second-order valence-electron chi connectivity index (χ2n) is 9.20. The van der Waals surface area contributed by atoms with E-state index < -0.39 is 18.2 Å². The van der Waals surface area contributed by atoms with Crippen LogP contribution in [0.25, 0.3) is 0 Å². The van der Waals surface area contributed by atoms with Gasteiger partial charge in [-0.3, -0.25) is 0 Å². The average molecular weight is 520 g/mol. The van der Waals surface area contributed by atoms with Gasteiger partial charge in [-0.25, -0.2) is 24.1 Å². The first kappa shape index (κ1) is 30.2. The number of aromatic nitrogens is 3. The van der Waals surface area contributed by atoms with E-state index in [1.54, 1.807) is 6.07 Å². The molecule has 2 atom stereocenters. The zero-order valence-corrected chi connectivity index (χ0v) is 22.7. The summed E-state index contributed by atoms with van der Waals surface area (Å²) in [7, 11) is 7.05. The minimum absolute atomic E-state index is 0.00580. The number of hydrogen-bond donors (Lipinski definition) is 3. The number of rotatable bonds is 18. The lowest BCUT2D eigenvalue weighted by molar-refractivity contribution is -0.138. The van der Waals surface area contributed by atoms with Crippen molar-refractivity contribution in [1.29, 1.82) is 0 Å². The Morgan fingerprint density at radius 2 is 2.00 bits per heavy atom. The van der Waals surface area contributed by atoms with Gasteiger partial charge >= 0.3 is 5.97 Å². The Morgan fingerprint density at radius 1 is 1.22 bits per heavy atom. The summed E-state index contributed by atoms with van der Waals surface area (Å²) in [5, 5.41) is 15.9. The minimum atomic E-state index is -1.15. The van der Waals surface area contributed by atoms with Gasteiger partial charge in [0.15, 0.2) is 0 Å². The van der Waals surface area contributed by atoms with Crippen molar-refractivity contribution in [3.8, 4) is 0 Å². The van der Waals surface area contributed by atoms with Gasteiger partial charge in [0, 0.05) is 53.1 Å². The molecule has 0 saturated heterocycles. The molecule has 0 amide bonds. The highest BCUT2D eigenvalue weighted by atomic mass is 19.1. The molecule has 2 heterocycles. The van der Waals surface area contributed by atoms with Gasteiger partial charge in [0.25, 0.3) is 0 Å². The first-order valence-corrected chi connectivity index (χ1v) is 12.8. The molecule has 0 bridgehead atoms. The zero-order chi connectivity index (χ0) is 27.2. The minimum Gasteiger partial charge on any atom is -0.480 e. The fraction of sp³-hybridized carbons (Fsp3) is 0.615. The van der Waals surface area contributed by atoms with Gasteiger partial charge in [-0.15, -0.1) is 0 Å². The van der Waals surface area contributed by atoms with Gasteiger partial charge in [-0.05, 0) is 50.3 Å². The Kier molecular flexibility index (Phi) is 13.0. The summed E-state index contributed by atoms with van der Waals surface area (Å²) in [4.78, 5) is 28.7. The smallest absolute Gasteiger partial charge is 0.326 e. The monoisotopic (exact) mass is 519 g/mol. The summed E-state index contributed by atoms with van der Waals surface area (Å²) in [6.45, 7) is 3.37. The van der Waals surface area contributed by atoms with Crippen LogP contribution in [0.15, 0.2) is 24.5 Å². The molecule has 2 aromatic heterocycles. The van der Waals surface area contributed by atoms with E-state index in [2.05, 4.69) is 39.7 Å². The summed E-state index contributed by atoms with van der Waals surface area (Å²) >= 11 is 0. The standard InChI is InChI=1S/C26H42FN7O3/c1-6-19-10-11-21(31-25(19)28-2)9-7-8-13-34(16-20(27)17-37-5)14-12-22(26(35)36)32-23-15-24(33(3)4)30-18-29-23/h10-11,15,18,20,22H,6-9,12-14,16-17H2,1-5H3,(H,28,31)(H,35,36)(H,29,30,32). The molecule has 0 radical (unpaired) electrons. The number of pyridine rings is 1. The van der Waals surface area contributed by atoms with Crippen molar-refractivity contribution >= 4 is 23.4 Å². The van der Waals surface area contributed by atoms with Gasteiger partial charge in [0.1, 0.15) is 36.0 Å². The number of carboxylic acids is 1. The molecule has 0 aromatic carbocycles. The molecule has 11 heteroatoms. The molecule has 0 saturated carbocycles. The highest BCUT2D eigenvalue weighted by Gasteiger charge is 2.21. The molecule has 0 aliphatic carbocycles. The van der Waals surface area contributed by atoms with Crippen LogP contribution >= 0.6 is 0 Å². The van der Waals surface area contributed by atoms with Crippen molar-refractivity contribution in [3.63, 3.8) is 0 Å². The first-order valence-electron chi connectivity index (χ1n) is 12.8. The second-order valence-corrected chi connectivity index (χ2v) is 9.20. The van der Waals surface area contributed by atoms with Crippen LogP contribution in [0.4, 0.5) is 21.8 Å². The topological polar surface area (TPSA) is 116 Å². The van der Waals surface area contributed by atoms with Crippen molar-refractivity contribution < 1.29 is 19.0 Å². The summed E-state index contributed by atoms with van der Waals surface area (Å²) in [5.74, 6) is 1.03. The SMILES string of the molecule is CCc1ccc(CCCCN(CCC(Nc2cc(N(C)C)ncn2)C(=O)O)CC(F)COC)nc1NC. The molecule has 2 unspecified atom stereocenters. The molecule has 10 nitrogen and oxygen atoms in total. The molecule has 0 aliphatic heterocycles. The van der Waals surface area contributed by atoms with Crippen molar-refractivity contribution in [2.75, 3.05) is 70.0 Å². The summed E-state index contributed by atoms with van der Waals surface area (Å²) < 4.78 is 19.4. The van der Waals surface area contributed by atoms with E-state index in [0.717, 1.165) is 37.2 Å². The van der Waals surface area contributed by atoms with Crippen LogP contribution in [-0.2, 0) is 22.4 Å². The highest BCUT2D eigenvalue weighted by molar-refractivity contribution is 5.77. The van der Waals surface area contributed by atoms with Crippen LogP contribution in [0, 0.1) is 0 Å². The number of carboxylic acid groups (broad SMARTS) is 1. The number of unbranched alkanes of at least 4 members (excludes halogenated alkanes) is 1. The third-order valence-electron chi connectivity index (χ3n) is 6.08. The van der Waals surface area contributed by atoms with Crippen LogP contribution in [0.3, 0.4) is 0 Å². The number of anilines is 3. The van der Waals surface area contributed by atoms with Gasteiger partial charge < -0.3 is 30.3 Å². The van der Waals surface area contributed by atoms with E-state index in [4.69, 9.17) is 9.72 Å². The van der Waals surface area contributed by atoms with E-state index in [1.165, 1.54) is 19.0 Å². The molecule has 37 heavy (non-hydrogen) atoms. The summed E-state index contributed by atoms with van der Waals surface area (Å²) in [5.41, 5.74) is 2.21. The van der Waals surface area contributed by atoms with Gasteiger partial charge in [0.05, 0.1) is 6.61 Å². The molecule has 0 fully saturated rings. The predicted octanol–water partition coefficient (Wildman–Crippen LogP) is 3.11. The maximum Gasteiger partial charge on any atom is 0.326 e. The number of ether oxygens (including phenoxy) is 1. The molecule has 206 valence electrons. The number of carbonyl (C=O) groups is 1. The Bertz CT molecular complexity index is 964. The maximum atomic E-state index is 14.4. The molecule has 2 rings (SSSR count). The van der Waals surface area contributed by atoms with E-state index in [9.17, 15) is 14.3 Å². The molecule has 3 N–H and O–H groups in total. The number of nitrogens with one attached hydrogen (secondary N) is 2. The predicted molar refractivity (Wildman–Crippen MR) is 145 cm³/mol. The first-order chi connectivity index (χ1) is 17.8. The molecule has 2 aromatic rings. The summed E-state index contributed by atoms with van der Waals surface area (Å²) in [6.07, 6.45) is 4.03. The number of halogens is 1. The second kappa shape index (κ2) is 15.9. The van der Waals surface area contributed by atoms with Crippen molar-refractivity contribution in [2.45, 2.75) is 51.2 Å². The van der Waals surface area contributed by atoms with Gasteiger partial charge in [-0.2, -0.15) is 0 Å². The van der Waals surface area contributed by atoms with Crippen LogP contribution < -0.4 is 15.5 Å². The number of aryl methyl sites for hydroxylation is 2. The van der Waals surface area contributed by atoms with E-state index in [1.807, 2.05) is 30.9 Å². The number of nitrogens with zero attached hydrogens (tertiary/aromatic N) is 5. The number of aliphatic carboxylic acids is 1. The van der Waals surface area contributed by atoms with Crippen LogP contribution in [0.2, 0.25) is 0 Å². The van der Waals surface area contributed by atoms with E-state index in [0.29, 0.717) is 31.1 Å². The maximum absolute atomic E-state index is 14.4. The quantitative estimate of drug-likeness (QED) is 0.254. The fourth-order valence-corrected chi connectivity index (χ4v) is 4.04. The third-order valence-corrected chi connectivity index (χ3v) is 6.08. The molecular formula is C26H42FN7O3. The van der Waals surface area contributed by atoms with Crippen molar-refractivity contribution in [3.05, 3.63) is 35.8 Å². The summed E-state index contributed by atoms with van der Waals surface area (Å²) in [6, 6.07) is 5.00. The Morgan fingerprint density at radius 3 is 2.65 bits per heavy atom. The number of alkyl halides is 1. The zero-order valence-electron chi connectivity index (χ0n) is 22.7. The fourth-order valence-electron chi connectivity index (χ4n) is 4.04. The average Bonchev–Trinajstić information content (AvgIpc) is 2.88. The van der Waals surface area contributed by atoms with Crippen LogP contribution in [0.1, 0.15) is 37.4 Å². The Hall–Kier alpha value is -3.05. The van der Waals surface area contributed by atoms with Crippen molar-refractivity contribution in [2.24, 2.45) is 0 Å². The van der Waals surface area contributed by atoms with E-state index >= 15 is 0 Å². The van der Waals surface area contributed by atoms with Crippen molar-refractivity contribution in [1.82, 2.24) is 19.9 Å². The number of methoxy groups -OCH3 is 1. The lowest BCUT2D eigenvalue weighted by atomic mass is 10.1. The molecule has 0 spiro atoms. The highest BCUT2D eigenvalue weighted by Crippen LogP contribution is 2.16. The third kappa shape index (κ3) is 10.5. The lowest BCUT2D eigenvalue weighted by Crippen LogP contribution is -2.38. The molecular weight excluding hydrogens is 477 g/mol. The Labute approximate surface area is 219 Å².